The molecule has 0 unspecified atom stereocenters. The fourth-order valence-electron chi connectivity index (χ4n) is 3.64. The molecule has 160 valence electrons. The molecule has 1 heterocycles. The molecule has 7 heteroatoms. The standard InChI is InChI=1S/C21H35FN4O.HI/c1-4-21(5-2,11-16-27)17-24-20(23-6-3)26-14-12-25(13-15-26)19-9-7-18(22)8-10-19;/h7-10,27H,4-6,11-17H2,1-3H3,(H,23,24);1H. The molecule has 1 saturated heterocycles. The van der Waals surface area contributed by atoms with E-state index in [1.54, 1.807) is 0 Å². The van der Waals surface area contributed by atoms with E-state index in [-0.39, 0.29) is 41.8 Å². The Morgan fingerprint density at radius 2 is 1.71 bits per heavy atom. The van der Waals surface area contributed by atoms with Crippen molar-refractivity contribution in [1.29, 1.82) is 0 Å². The van der Waals surface area contributed by atoms with Crippen molar-refractivity contribution in [3.63, 3.8) is 0 Å². The zero-order valence-corrected chi connectivity index (χ0v) is 19.8. The van der Waals surface area contributed by atoms with Gasteiger partial charge in [-0.15, -0.1) is 24.0 Å². The zero-order chi connectivity index (χ0) is 19.7. The van der Waals surface area contributed by atoms with E-state index in [1.165, 1.54) is 12.1 Å². The van der Waals surface area contributed by atoms with Crippen molar-refractivity contribution < 1.29 is 9.50 Å². The minimum absolute atomic E-state index is 0. The molecule has 5 nitrogen and oxygen atoms in total. The largest absolute Gasteiger partial charge is 0.396 e. The Balaban J connectivity index is 0.00000392. The summed E-state index contributed by atoms with van der Waals surface area (Å²) in [6.45, 7) is 11.8. The van der Waals surface area contributed by atoms with Crippen molar-refractivity contribution in [3.8, 4) is 0 Å². The van der Waals surface area contributed by atoms with Crippen LogP contribution in [0.1, 0.15) is 40.0 Å². The van der Waals surface area contributed by atoms with Gasteiger partial charge in [0.15, 0.2) is 5.96 Å². The molecule has 2 rings (SSSR count). The smallest absolute Gasteiger partial charge is 0.194 e. The number of nitrogens with zero attached hydrogens (tertiary/aromatic N) is 3. The lowest BCUT2D eigenvalue weighted by Crippen LogP contribution is -2.52. The molecule has 1 aliphatic heterocycles. The van der Waals surface area contributed by atoms with Gasteiger partial charge in [0.25, 0.3) is 0 Å². The molecule has 0 radical (unpaired) electrons. The normalized spacial score (nSPS) is 15.4. The molecule has 0 atom stereocenters. The number of aliphatic hydroxyl groups is 1. The van der Waals surface area contributed by atoms with Crippen molar-refractivity contribution in [2.45, 2.75) is 40.0 Å². The number of hydrogen-bond donors (Lipinski definition) is 2. The van der Waals surface area contributed by atoms with Gasteiger partial charge in [0, 0.05) is 51.6 Å². The highest BCUT2D eigenvalue weighted by Gasteiger charge is 2.26. The van der Waals surface area contributed by atoms with Gasteiger partial charge in [0.2, 0.25) is 0 Å². The molecule has 1 aromatic rings. The van der Waals surface area contributed by atoms with E-state index < -0.39 is 0 Å². The third-order valence-corrected chi connectivity index (χ3v) is 5.81. The third kappa shape index (κ3) is 6.76. The number of piperazine rings is 1. The molecular formula is C21H36FIN4O. The van der Waals surface area contributed by atoms with E-state index >= 15 is 0 Å². The van der Waals surface area contributed by atoms with Crippen LogP contribution in [0.25, 0.3) is 0 Å². The van der Waals surface area contributed by atoms with Gasteiger partial charge in [-0.3, -0.25) is 4.99 Å². The summed E-state index contributed by atoms with van der Waals surface area (Å²) >= 11 is 0. The molecule has 0 amide bonds. The Bertz CT molecular complexity index is 585. The first kappa shape index (κ1) is 24.9. The average Bonchev–Trinajstić information content (AvgIpc) is 2.71. The van der Waals surface area contributed by atoms with Crippen molar-refractivity contribution >= 4 is 35.6 Å². The highest BCUT2D eigenvalue weighted by Crippen LogP contribution is 2.30. The summed E-state index contributed by atoms with van der Waals surface area (Å²) in [5.74, 6) is 0.762. The lowest BCUT2D eigenvalue weighted by Gasteiger charge is -2.38. The minimum Gasteiger partial charge on any atom is -0.396 e. The molecule has 0 bridgehead atoms. The number of benzene rings is 1. The SMILES string of the molecule is CCNC(=NCC(CC)(CC)CCO)N1CCN(c2ccc(F)cc2)CC1.I. The molecule has 0 aromatic heterocycles. The maximum Gasteiger partial charge on any atom is 0.194 e. The zero-order valence-electron chi connectivity index (χ0n) is 17.5. The van der Waals surface area contributed by atoms with Crippen LogP contribution in [0, 0.1) is 11.2 Å². The number of hydrogen-bond acceptors (Lipinski definition) is 3. The van der Waals surface area contributed by atoms with Gasteiger partial charge in [-0.1, -0.05) is 13.8 Å². The molecule has 1 aromatic carbocycles. The Morgan fingerprint density at radius 1 is 1.11 bits per heavy atom. The highest BCUT2D eigenvalue weighted by molar-refractivity contribution is 14.0. The molecule has 0 saturated carbocycles. The fraction of sp³-hybridized carbons (Fsp3) is 0.667. The van der Waals surface area contributed by atoms with Crippen molar-refractivity contribution in [1.82, 2.24) is 10.2 Å². The summed E-state index contributed by atoms with van der Waals surface area (Å²) in [6, 6.07) is 6.72. The fourth-order valence-corrected chi connectivity index (χ4v) is 3.64. The number of guanidine groups is 1. The number of nitrogens with one attached hydrogen (secondary N) is 1. The molecule has 0 spiro atoms. The van der Waals surface area contributed by atoms with Crippen LogP contribution in [0.3, 0.4) is 0 Å². The predicted molar refractivity (Wildman–Crippen MR) is 126 cm³/mol. The summed E-state index contributed by atoms with van der Waals surface area (Å²) in [6.07, 6.45) is 2.83. The number of aliphatic imine (C=N–C) groups is 1. The maximum atomic E-state index is 13.1. The summed E-state index contributed by atoms with van der Waals surface area (Å²) in [5, 5.41) is 12.9. The van der Waals surface area contributed by atoms with E-state index in [0.717, 1.165) is 70.2 Å². The molecule has 1 aliphatic rings. The van der Waals surface area contributed by atoms with E-state index in [9.17, 15) is 9.50 Å². The second-order valence-electron chi connectivity index (χ2n) is 7.30. The summed E-state index contributed by atoms with van der Waals surface area (Å²) in [4.78, 5) is 9.52. The number of aliphatic hydroxyl groups excluding tert-OH is 1. The van der Waals surface area contributed by atoms with Gasteiger partial charge >= 0.3 is 0 Å². The lowest BCUT2D eigenvalue weighted by atomic mass is 9.79. The number of halogens is 2. The van der Waals surface area contributed by atoms with Gasteiger partial charge in [0.05, 0.1) is 0 Å². The molecular weight excluding hydrogens is 470 g/mol. The van der Waals surface area contributed by atoms with E-state index in [0.29, 0.717) is 0 Å². The van der Waals surface area contributed by atoms with E-state index in [1.807, 2.05) is 12.1 Å². The van der Waals surface area contributed by atoms with Crippen molar-refractivity contribution in [2.24, 2.45) is 10.4 Å². The van der Waals surface area contributed by atoms with Crippen molar-refractivity contribution in [3.05, 3.63) is 30.1 Å². The van der Waals surface area contributed by atoms with Gasteiger partial charge < -0.3 is 20.2 Å². The number of anilines is 1. The van der Waals surface area contributed by atoms with Crippen LogP contribution >= 0.6 is 24.0 Å². The van der Waals surface area contributed by atoms with Gasteiger partial charge in [-0.25, -0.2) is 4.39 Å². The van der Waals surface area contributed by atoms with Crippen LogP contribution < -0.4 is 10.2 Å². The first-order valence-corrected chi connectivity index (χ1v) is 10.2. The molecule has 2 N–H and O–H groups in total. The van der Waals surface area contributed by atoms with Gasteiger partial charge in [-0.2, -0.15) is 0 Å². The second kappa shape index (κ2) is 12.5. The van der Waals surface area contributed by atoms with Crippen LogP contribution in [0.15, 0.2) is 29.3 Å². The highest BCUT2D eigenvalue weighted by atomic mass is 127. The van der Waals surface area contributed by atoms with Crippen LogP contribution in [-0.4, -0.2) is 61.8 Å². The molecule has 0 aliphatic carbocycles. The quantitative estimate of drug-likeness (QED) is 0.321. The molecule has 28 heavy (non-hydrogen) atoms. The second-order valence-corrected chi connectivity index (χ2v) is 7.30. The summed E-state index contributed by atoms with van der Waals surface area (Å²) < 4.78 is 13.1. The first-order chi connectivity index (χ1) is 13.1. The Hall–Kier alpha value is -1.09. The predicted octanol–water partition coefficient (Wildman–Crippen LogP) is 3.72. The van der Waals surface area contributed by atoms with E-state index in [4.69, 9.17) is 4.99 Å². The summed E-state index contributed by atoms with van der Waals surface area (Å²) in [5.41, 5.74) is 1.14. The van der Waals surface area contributed by atoms with Gasteiger partial charge in [0.1, 0.15) is 5.82 Å². The third-order valence-electron chi connectivity index (χ3n) is 5.81. The summed E-state index contributed by atoms with van der Waals surface area (Å²) in [7, 11) is 0. The van der Waals surface area contributed by atoms with Gasteiger partial charge in [-0.05, 0) is 55.9 Å². The maximum absolute atomic E-state index is 13.1. The lowest BCUT2D eigenvalue weighted by molar-refractivity contribution is 0.175. The first-order valence-electron chi connectivity index (χ1n) is 10.2. The average molecular weight is 506 g/mol. The van der Waals surface area contributed by atoms with Crippen LogP contribution in [0.5, 0.6) is 0 Å². The Kier molecular flexibility index (Phi) is 11.1. The minimum atomic E-state index is -0.197. The monoisotopic (exact) mass is 506 g/mol. The topological polar surface area (TPSA) is 51.1 Å². The Labute approximate surface area is 186 Å². The number of rotatable bonds is 8. The van der Waals surface area contributed by atoms with Crippen LogP contribution in [0.2, 0.25) is 0 Å². The Morgan fingerprint density at radius 3 is 2.21 bits per heavy atom. The molecule has 1 fully saturated rings. The van der Waals surface area contributed by atoms with Crippen molar-refractivity contribution in [2.75, 3.05) is 50.8 Å². The van der Waals surface area contributed by atoms with Crippen LogP contribution in [0.4, 0.5) is 10.1 Å². The van der Waals surface area contributed by atoms with E-state index in [2.05, 4.69) is 35.9 Å². The van der Waals surface area contributed by atoms with Crippen LogP contribution in [-0.2, 0) is 0 Å².